The van der Waals surface area contributed by atoms with E-state index in [0.29, 0.717) is 34.2 Å². The van der Waals surface area contributed by atoms with Crippen molar-refractivity contribution in [3.63, 3.8) is 0 Å². The Bertz CT molecular complexity index is 1060. The van der Waals surface area contributed by atoms with Crippen LogP contribution in [0.25, 0.3) is 11.5 Å². The molecule has 1 amide bonds. The number of nitrogens with zero attached hydrogens (tertiary/aromatic N) is 4. The zero-order valence-corrected chi connectivity index (χ0v) is 18.4. The van der Waals surface area contributed by atoms with Crippen molar-refractivity contribution < 1.29 is 13.9 Å². The van der Waals surface area contributed by atoms with Gasteiger partial charge in [-0.3, -0.25) is 15.0 Å². The number of hydrogen-bond acceptors (Lipinski definition) is 8. The van der Waals surface area contributed by atoms with Crippen LogP contribution in [0.3, 0.4) is 0 Å². The van der Waals surface area contributed by atoms with Crippen molar-refractivity contribution >= 4 is 23.6 Å². The van der Waals surface area contributed by atoms with Crippen LogP contribution in [0.4, 0.5) is 5.95 Å². The van der Waals surface area contributed by atoms with Gasteiger partial charge in [-0.2, -0.15) is 5.26 Å². The highest BCUT2D eigenvalue weighted by atomic mass is 32.2. The number of hydrogen-bond donors (Lipinski definition) is 1. The van der Waals surface area contributed by atoms with Gasteiger partial charge in [-0.05, 0) is 43.1 Å². The van der Waals surface area contributed by atoms with E-state index >= 15 is 0 Å². The molecule has 0 fully saturated rings. The molecular weight excluding hydrogens is 414 g/mol. The summed E-state index contributed by atoms with van der Waals surface area (Å²) in [6.45, 7) is 2.25. The minimum Gasteiger partial charge on any atom is -0.463 e. The number of carbonyl (C=O) groups excluding carboxylic acids is 1. The molecule has 3 aromatic rings. The van der Waals surface area contributed by atoms with E-state index in [9.17, 15) is 10.1 Å². The second kappa shape index (κ2) is 10.7. The predicted octanol–water partition coefficient (Wildman–Crippen LogP) is 3.66. The number of nitriles is 1. The van der Waals surface area contributed by atoms with Gasteiger partial charge in [0.25, 0.3) is 5.91 Å². The summed E-state index contributed by atoms with van der Waals surface area (Å²) in [5, 5.41) is 12.7. The number of furan rings is 1. The lowest BCUT2D eigenvalue weighted by Crippen LogP contribution is -2.22. The Kier molecular flexibility index (Phi) is 7.78. The minimum atomic E-state index is -0.332. The quantitative estimate of drug-likeness (QED) is 0.399. The van der Waals surface area contributed by atoms with Gasteiger partial charge in [-0.1, -0.05) is 12.1 Å². The van der Waals surface area contributed by atoms with Gasteiger partial charge < -0.3 is 9.15 Å². The molecule has 1 aromatic carbocycles. The SMILES string of the molecule is COCCN(C)Cc1ccc(C(=O)Nc2nc(SC)c(C#N)c(-c3ccco3)n2)cc1. The Morgan fingerprint density at radius 1 is 1.29 bits per heavy atom. The fraction of sp³-hybridized carbons (Fsp3) is 0.273. The smallest absolute Gasteiger partial charge is 0.258 e. The van der Waals surface area contributed by atoms with E-state index in [1.54, 1.807) is 31.4 Å². The number of nitrogens with one attached hydrogen (secondary N) is 1. The molecule has 0 aliphatic carbocycles. The van der Waals surface area contributed by atoms with Gasteiger partial charge in [0.1, 0.15) is 22.4 Å². The van der Waals surface area contributed by atoms with Gasteiger partial charge >= 0.3 is 0 Å². The number of aromatic nitrogens is 2. The van der Waals surface area contributed by atoms with Crippen LogP contribution in [-0.4, -0.2) is 54.3 Å². The molecule has 0 aliphatic heterocycles. The highest BCUT2D eigenvalue weighted by Crippen LogP contribution is 2.29. The summed E-state index contributed by atoms with van der Waals surface area (Å²) in [5.74, 6) is 0.219. The molecule has 160 valence electrons. The Morgan fingerprint density at radius 3 is 2.68 bits per heavy atom. The Hall–Kier alpha value is -3.19. The molecule has 31 heavy (non-hydrogen) atoms. The fourth-order valence-corrected chi connectivity index (χ4v) is 3.43. The lowest BCUT2D eigenvalue weighted by molar-refractivity contribution is 0.102. The van der Waals surface area contributed by atoms with Crippen LogP contribution in [0.5, 0.6) is 0 Å². The average Bonchev–Trinajstić information content (AvgIpc) is 3.32. The first-order valence-electron chi connectivity index (χ1n) is 9.53. The topological polar surface area (TPSA) is 104 Å². The number of benzene rings is 1. The third-order valence-corrected chi connectivity index (χ3v) is 5.19. The number of carbonyl (C=O) groups is 1. The van der Waals surface area contributed by atoms with Gasteiger partial charge in [0.05, 0.1) is 12.9 Å². The van der Waals surface area contributed by atoms with Crippen molar-refractivity contribution in [2.45, 2.75) is 11.6 Å². The predicted molar refractivity (Wildman–Crippen MR) is 119 cm³/mol. The summed E-state index contributed by atoms with van der Waals surface area (Å²) in [6.07, 6.45) is 3.31. The monoisotopic (exact) mass is 437 g/mol. The number of ether oxygens (including phenoxy) is 1. The second-order valence-electron chi connectivity index (χ2n) is 6.75. The molecule has 0 saturated heterocycles. The van der Waals surface area contributed by atoms with Crippen molar-refractivity contribution in [2.75, 3.05) is 38.9 Å². The van der Waals surface area contributed by atoms with Crippen LogP contribution >= 0.6 is 11.8 Å². The van der Waals surface area contributed by atoms with E-state index in [1.807, 2.05) is 25.4 Å². The van der Waals surface area contributed by atoms with Crippen LogP contribution < -0.4 is 5.32 Å². The summed E-state index contributed by atoms with van der Waals surface area (Å²) < 4.78 is 10.5. The Morgan fingerprint density at radius 2 is 2.06 bits per heavy atom. The first-order chi connectivity index (χ1) is 15.0. The number of likely N-dealkylation sites (N-methyl/N-ethyl adjacent to an activating group) is 1. The second-order valence-corrected chi connectivity index (χ2v) is 7.55. The van der Waals surface area contributed by atoms with E-state index < -0.39 is 0 Å². The lowest BCUT2D eigenvalue weighted by atomic mass is 10.1. The van der Waals surface area contributed by atoms with Crippen LogP contribution in [0.1, 0.15) is 21.5 Å². The molecule has 8 nitrogen and oxygen atoms in total. The van der Waals surface area contributed by atoms with E-state index in [2.05, 4.69) is 26.3 Å². The Labute approximate surface area is 185 Å². The molecule has 3 rings (SSSR count). The number of anilines is 1. The van der Waals surface area contributed by atoms with E-state index in [-0.39, 0.29) is 11.9 Å². The van der Waals surface area contributed by atoms with Crippen molar-refractivity contribution in [1.82, 2.24) is 14.9 Å². The normalized spacial score (nSPS) is 10.8. The largest absolute Gasteiger partial charge is 0.463 e. The molecule has 2 heterocycles. The fourth-order valence-electron chi connectivity index (χ4n) is 2.91. The molecular formula is C22H23N5O3S. The maximum absolute atomic E-state index is 12.7. The van der Waals surface area contributed by atoms with Crippen molar-refractivity contribution in [3.05, 3.63) is 59.4 Å². The van der Waals surface area contributed by atoms with Gasteiger partial charge in [-0.25, -0.2) is 9.97 Å². The highest BCUT2D eigenvalue weighted by Gasteiger charge is 2.19. The molecule has 0 aliphatic rings. The standard InChI is InChI=1S/C22H23N5O3S/c1-27(10-12-29-2)14-15-6-8-16(9-7-15)20(28)25-22-24-19(18-5-4-11-30-18)17(13-23)21(26-22)31-3/h4-9,11H,10,12,14H2,1-3H3,(H,24,25,26,28). The van der Waals surface area contributed by atoms with Crippen LogP contribution in [0.15, 0.2) is 52.1 Å². The number of amides is 1. The van der Waals surface area contributed by atoms with Crippen LogP contribution in [-0.2, 0) is 11.3 Å². The summed E-state index contributed by atoms with van der Waals surface area (Å²) in [4.78, 5) is 23.5. The molecule has 0 atom stereocenters. The summed E-state index contributed by atoms with van der Waals surface area (Å²) in [6, 6.07) is 12.9. The molecule has 2 aromatic heterocycles. The third kappa shape index (κ3) is 5.70. The van der Waals surface area contributed by atoms with Gasteiger partial charge in [0.15, 0.2) is 5.76 Å². The third-order valence-electron chi connectivity index (χ3n) is 4.51. The van der Waals surface area contributed by atoms with Crippen LogP contribution in [0, 0.1) is 11.3 Å². The zero-order chi connectivity index (χ0) is 22.2. The van der Waals surface area contributed by atoms with E-state index in [4.69, 9.17) is 9.15 Å². The first kappa shape index (κ1) is 22.5. The maximum Gasteiger partial charge on any atom is 0.258 e. The van der Waals surface area contributed by atoms with Crippen molar-refractivity contribution in [2.24, 2.45) is 0 Å². The van der Waals surface area contributed by atoms with Crippen molar-refractivity contribution in [3.8, 4) is 17.5 Å². The van der Waals surface area contributed by atoms with Crippen molar-refractivity contribution in [1.29, 1.82) is 5.26 Å². The zero-order valence-electron chi connectivity index (χ0n) is 17.6. The molecule has 0 bridgehead atoms. The van der Waals surface area contributed by atoms with Crippen LogP contribution in [0.2, 0.25) is 0 Å². The molecule has 0 spiro atoms. The van der Waals surface area contributed by atoms with E-state index in [0.717, 1.165) is 18.7 Å². The molecule has 0 radical (unpaired) electrons. The molecule has 9 heteroatoms. The average molecular weight is 438 g/mol. The number of rotatable bonds is 9. The van der Waals surface area contributed by atoms with Gasteiger partial charge in [-0.15, -0.1) is 11.8 Å². The molecule has 0 unspecified atom stereocenters. The summed E-state index contributed by atoms with van der Waals surface area (Å²) in [7, 11) is 3.69. The summed E-state index contributed by atoms with van der Waals surface area (Å²) >= 11 is 1.30. The van der Waals surface area contributed by atoms with Gasteiger partial charge in [0.2, 0.25) is 5.95 Å². The molecule has 1 N–H and O–H groups in total. The minimum absolute atomic E-state index is 0.114. The number of thioether (sulfide) groups is 1. The first-order valence-corrected chi connectivity index (χ1v) is 10.8. The maximum atomic E-state index is 12.7. The van der Waals surface area contributed by atoms with E-state index in [1.165, 1.54) is 18.0 Å². The summed E-state index contributed by atoms with van der Waals surface area (Å²) in [5.41, 5.74) is 2.23. The highest BCUT2D eigenvalue weighted by molar-refractivity contribution is 7.98. The lowest BCUT2D eigenvalue weighted by Gasteiger charge is -2.16. The number of methoxy groups -OCH3 is 1. The van der Waals surface area contributed by atoms with Gasteiger partial charge in [0, 0.05) is 25.8 Å². The molecule has 0 saturated carbocycles. The Balaban J connectivity index is 1.77.